The predicted molar refractivity (Wildman–Crippen MR) is 90.9 cm³/mol. The van der Waals surface area contributed by atoms with E-state index in [1.54, 1.807) is 31.2 Å². The van der Waals surface area contributed by atoms with Crippen molar-refractivity contribution in [1.29, 1.82) is 0 Å². The molecule has 0 atom stereocenters. The van der Waals surface area contributed by atoms with Gasteiger partial charge in [0.1, 0.15) is 5.69 Å². The molecule has 0 bridgehead atoms. The van der Waals surface area contributed by atoms with Crippen molar-refractivity contribution in [3.8, 4) is 11.6 Å². The minimum atomic E-state index is -4.32. The lowest BCUT2D eigenvalue weighted by Crippen LogP contribution is -2.48. The maximum Gasteiger partial charge on any atom is 0.416 e. The molecule has 3 heterocycles. The lowest BCUT2D eigenvalue weighted by Gasteiger charge is -2.40. The molecule has 140 valence electrons. The Hall–Kier alpha value is -2.97. The third kappa shape index (κ3) is 3.62. The number of hydrogen-bond donors (Lipinski definition) is 0. The SMILES string of the molecule is Cc1nnc(-c2ccc(N3CC(Cc4ccccc4C(F)(F)F)C3)nn2)o1. The summed E-state index contributed by atoms with van der Waals surface area (Å²) >= 11 is 0. The van der Waals surface area contributed by atoms with Gasteiger partial charge in [0.05, 0.1) is 5.56 Å². The van der Waals surface area contributed by atoms with Crippen molar-refractivity contribution >= 4 is 5.82 Å². The molecule has 3 aromatic rings. The van der Waals surface area contributed by atoms with E-state index < -0.39 is 11.7 Å². The number of aromatic nitrogens is 4. The van der Waals surface area contributed by atoms with Crippen LogP contribution in [0, 0.1) is 12.8 Å². The van der Waals surface area contributed by atoms with Gasteiger partial charge in [0.15, 0.2) is 5.82 Å². The number of rotatable bonds is 4. The number of benzene rings is 1. The zero-order chi connectivity index (χ0) is 19.0. The third-order valence-electron chi connectivity index (χ3n) is 4.51. The molecule has 0 saturated carbocycles. The second-order valence-electron chi connectivity index (χ2n) is 6.53. The van der Waals surface area contributed by atoms with Crippen molar-refractivity contribution in [3.63, 3.8) is 0 Å². The number of anilines is 1. The summed E-state index contributed by atoms with van der Waals surface area (Å²) in [5, 5.41) is 15.9. The van der Waals surface area contributed by atoms with E-state index in [4.69, 9.17) is 4.42 Å². The summed E-state index contributed by atoms with van der Waals surface area (Å²) in [5.41, 5.74) is 0.265. The van der Waals surface area contributed by atoms with Gasteiger partial charge in [-0.2, -0.15) is 13.2 Å². The van der Waals surface area contributed by atoms with E-state index in [1.165, 1.54) is 6.07 Å². The van der Waals surface area contributed by atoms with Gasteiger partial charge in [-0.3, -0.25) is 0 Å². The summed E-state index contributed by atoms with van der Waals surface area (Å²) in [6, 6.07) is 9.27. The van der Waals surface area contributed by atoms with Crippen molar-refractivity contribution in [1.82, 2.24) is 20.4 Å². The van der Waals surface area contributed by atoms with Crippen LogP contribution in [0.25, 0.3) is 11.6 Å². The van der Waals surface area contributed by atoms with Crippen molar-refractivity contribution in [2.45, 2.75) is 19.5 Å². The predicted octanol–water partition coefficient (Wildman–Crippen LogP) is 3.53. The van der Waals surface area contributed by atoms with Crippen LogP contribution in [0.1, 0.15) is 17.0 Å². The minimum absolute atomic E-state index is 0.147. The van der Waals surface area contributed by atoms with Gasteiger partial charge in [-0.1, -0.05) is 18.2 Å². The van der Waals surface area contributed by atoms with Crippen molar-refractivity contribution in [2.24, 2.45) is 5.92 Å². The van der Waals surface area contributed by atoms with Crippen molar-refractivity contribution < 1.29 is 17.6 Å². The van der Waals surface area contributed by atoms with E-state index in [1.807, 2.05) is 4.90 Å². The Bertz CT molecular complexity index is 933. The Morgan fingerprint density at radius 3 is 2.44 bits per heavy atom. The Kier molecular flexibility index (Phi) is 4.29. The normalized spacial score (nSPS) is 15.0. The molecule has 1 aromatic carbocycles. The summed E-state index contributed by atoms with van der Waals surface area (Å²) in [4.78, 5) is 1.98. The molecular weight excluding hydrogens is 359 g/mol. The second-order valence-corrected chi connectivity index (χ2v) is 6.53. The molecule has 1 aliphatic rings. The highest BCUT2D eigenvalue weighted by Crippen LogP contribution is 2.34. The molecular formula is C18H16F3N5O. The number of nitrogens with zero attached hydrogens (tertiary/aromatic N) is 5. The van der Waals surface area contributed by atoms with Crippen LogP contribution in [0.2, 0.25) is 0 Å². The van der Waals surface area contributed by atoms with Crippen LogP contribution in [-0.4, -0.2) is 33.5 Å². The number of hydrogen-bond acceptors (Lipinski definition) is 6. The molecule has 4 rings (SSSR count). The highest BCUT2D eigenvalue weighted by Gasteiger charge is 2.35. The van der Waals surface area contributed by atoms with Gasteiger partial charge in [-0.05, 0) is 36.1 Å². The fraction of sp³-hybridized carbons (Fsp3) is 0.333. The Morgan fingerprint density at radius 2 is 1.81 bits per heavy atom. The van der Waals surface area contributed by atoms with Crippen molar-refractivity contribution in [3.05, 3.63) is 53.4 Å². The highest BCUT2D eigenvalue weighted by molar-refractivity contribution is 5.50. The Labute approximate surface area is 153 Å². The average molecular weight is 375 g/mol. The molecule has 0 aliphatic carbocycles. The number of halogens is 3. The quantitative estimate of drug-likeness (QED) is 0.695. The topological polar surface area (TPSA) is 67.9 Å². The van der Waals surface area contributed by atoms with Crippen LogP contribution in [-0.2, 0) is 12.6 Å². The first-order chi connectivity index (χ1) is 12.9. The first-order valence-corrected chi connectivity index (χ1v) is 8.44. The van der Waals surface area contributed by atoms with E-state index in [0.29, 0.717) is 48.4 Å². The fourth-order valence-corrected chi connectivity index (χ4v) is 3.18. The molecule has 0 N–H and O–H groups in total. The first kappa shape index (κ1) is 17.4. The standard InChI is InChI=1S/C18H16F3N5O/c1-11-22-25-17(27-11)15-6-7-16(24-23-15)26-9-12(10-26)8-13-4-2-3-5-14(13)18(19,20)21/h2-7,12H,8-10H2,1H3. The summed E-state index contributed by atoms with van der Waals surface area (Å²) in [6.07, 6.45) is -3.94. The van der Waals surface area contributed by atoms with Crippen LogP contribution in [0.3, 0.4) is 0 Å². The summed E-state index contributed by atoms with van der Waals surface area (Å²) in [5.74, 6) is 1.57. The molecule has 1 fully saturated rings. The van der Waals surface area contributed by atoms with E-state index >= 15 is 0 Å². The smallest absolute Gasteiger partial charge is 0.416 e. The molecule has 0 radical (unpaired) electrons. The maximum absolute atomic E-state index is 13.1. The van der Waals surface area contributed by atoms with E-state index in [-0.39, 0.29) is 5.92 Å². The monoisotopic (exact) mass is 375 g/mol. The molecule has 2 aromatic heterocycles. The van der Waals surface area contributed by atoms with Gasteiger partial charge in [-0.15, -0.1) is 20.4 Å². The summed E-state index contributed by atoms with van der Waals surface area (Å²) in [6.45, 7) is 2.97. The fourth-order valence-electron chi connectivity index (χ4n) is 3.18. The molecule has 27 heavy (non-hydrogen) atoms. The molecule has 0 amide bonds. The minimum Gasteiger partial charge on any atom is -0.420 e. The van der Waals surface area contributed by atoms with Gasteiger partial charge in [-0.25, -0.2) is 0 Å². The van der Waals surface area contributed by atoms with Crippen LogP contribution in [0.5, 0.6) is 0 Å². The molecule has 1 aliphatic heterocycles. The average Bonchev–Trinajstić information content (AvgIpc) is 3.04. The molecule has 0 spiro atoms. The lowest BCUT2D eigenvalue weighted by atomic mass is 9.90. The molecule has 9 heteroatoms. The van der Waals surface area contributed by atoms with Gasteiger partial charge in [0.2, 0.25) is 5.89 Å². The largest absolute Gasteiger partial charge is 0.420 e. The van der Waals surface area contributed by atoms with Gasteiger partial charge in [0, 0.05) is 20.0 Å². The van der Waals surface area contributed by atoms with E-state index in [2.05, 4.69) is 20.4 Å². The van der Waals surface area contributed by atoms with Crippen molar-refractivity contribution in [2.75, 3.05) is 18.0 Å². The Morgan fingerprint density at radius 1 is 1.04 bits per heavy atom. The maximum atomic E-state index is 13.1. The zero-order valence-corrected chi connectivity index (χ0v) is 14.4. The number of alkyl halides is 3. The van der Waals surface area contributed by atoms with Crippen LogP contribution in [0.15, 0.2) is 40.8 Å². The van der Waals surface area contributed by atoms with Crippen LogP contribution < -0.4 is 4.90 Å². The highest BCUT2D eigenvalue weighted by atomic mass is 19.4. The molecule has 0 unspecified atom stereocenters. The van der Waals surface area contributed by atoms with Crippen LogP contribution in [0.4, 0.5) is 19.0 Å². The van der Waals surface area contributed by atoms with Gasteiger partial charge in [0.25, 0.3) is 5.89 Å². The van der Waals surface area contributed by atoms with Crippen LogP contribution >= 0.6 is 0 Å². The summed E-state index contributed by atoms with van der Waals surface area (Å²) < 4.78 is 44.6. The third-order valence-corrected chi connectivity index (χ3v) is 4.51. The van der Waals surface area contributed by atoms with E-state index in [9.17, 15) is 13.2 Å². The second kappa shape index (κ2) is 6.64. The van der Waals surface area contributed by atoms with Gasteiger partial charge < -0.3 is 9.32 Å². The lowest BCUT2D eigenvalue weighted by molar-refractivity contribution is -0.138. The Balaban J connectivity index is 1.39. The number of aryl methyl sites for hydroxylation is 1. The van der Waals surface area contributed by atoms with E-state index in [0.717, 1.165) is 6.07 Å². The first-order valence-electron chi connectivity index (χ1n) is 8.44. The molecule has 1 saturated heterocycles. The van der Waals surface area contributed by atoms with Gasteiger partial charge >= 0.3 is 6.18 Å². The summed E-state index contributed by atoms with van der Waals surface area (Å²) in [7, 11) is 0. The zero-order valence-electron chi connectivity index (χ0n) is 14.4. The molecule has 6 nitrogen and oxygen atoms in total.